The smallest absolute Gasteiger partial charge is 0.255 e. The topological polar surface area (TPSA) is 60.0 Å². The summed E-state index contributed by atoms with van der Waals surface area (Å²) in [7, 11) is 0. The molecular formula is C18H16ClN3O. The van der Waals surface area contributed by atoms with E-state index in [0.717, 1.165) is 11.3 Å². The molecule has 0 aliphatic rings. The number of amides is 1. The molecule has 3 N–H and O–H groups in total. The first-order chi connectivity index (χ1) is 11.2. The van der Waals surface area contributed by atoms with Crippen molar-refractivity contribution >= 4 is 23.2 Å². The highest BCUT2D eigenvalue weighted by molar-refractivity contribution is 6.31. The Hall–Kier alpha value is -2.56. The van der Waals surface area contributed by atoms with E-state index in [1.54, 1.807) is 12.1 Å². The van der Waals surface area contributed by atoms with Gasteiger partial charge in [0.15, 0.2) is 0 Å². The average Bonchev–Trinajstić information content (AvgIpc) is 3.09. The molecule has 0 fully saturated rings. The van der Waals surface area contributed by atoms with Gasteiger partial charge in [0.25, 0.3) is 5.91 Å². The van der Waals surface area contributed by atoms with Crippen LogP contribution in [0.4, 0.5) is 5.69 Å². The number of carbonyl (C=O) groups excluding carboxylic acids is 1. The molecule has 1 heterocycles. The van der Waals surface area contributed by atoms with Crippen molar-refractivity contribution < 1.29 is 4.79 Å². The van der Waals surface area contributed by atoms with Gasteiger partial charge in [0.1, 0.15) is 0 Å². The standard InChI is InChI=1S/C18H16ClN3O/c19-15-9-14(10-17(11-15)22-6-1-2-7-22)18(23)21-16-5-3-4-13(8-16)12-20/h1-11H,12,20H2,(H,21,23). The first kappa shape index (κ1) is 15.3. The molecule has 0 atom stereocenters. The van der Waals surface area contributed by atoms with Gasteiger partial charge in [-0.25, -0.2) is 0 Å². The highest BCUT2D eigenvalue weighted by atomic mass is 35.5. The fourth-order valence-electron chi connectivity index (χ4n) is 2.34. The lowest BCUT2D eigenvalue weighted by molar-refractivity contribution is 0.102. The first-order valence-electron chi connectivity index (χ1n) is 7.20. The van der Waals surface area contributed by atoms with Crippen LogP contribution in [0.15, 0.2) is 67.0 Å². The number of halogens is 1. The van der Waals surface area contributed by atoms with E-state index in [0.29, 0.717) is 22.8 Å². The van der Waals surface area contributed by atoms with Gasteiger partial charge < -0.3 is 15.6 Å². The average molecular weight is 326 g/mol. The monoisotopic (exact) mass is 325 g/mol. The van der Waals surface area contributed by atoms with Crippen molar-refractivity contribution in [3.8, 4) is 5.69 Å². The van der Waals surface area contributed by atoms with E-state index in [9.17, 15) is 4.79 Å². The van der Waals surface area contributed by atoms with E-state index in [1.165, 1.54) is 0 Å². The van der Waals surface area contributed by atoms with Gasteiger partial charge in [0, 0.05) is 40.9 Å². The van der Waals surface area contributed by atoms with Crippen molar-refractivity contribution in [1.29, 1.82) is 0 Å². The third-order valence-corrected chi connectivity index (χ3v) is 3.69. The summed E-state index contributed by atoms with van der Waals surface area (Å²) >= 11 is 6.15. The normalized spacial score (nSPS) is 10.5. The lowest BCUT2D eigenvalue weighted by Crippen LogP contribution is -2.13. The number of rotatable bonds is 4. The van der Waals surface area contributed by atoms with E-state index in [2.05, 4.69) is 5.32 Å². The van der Waals surface area contributed by atoms with Gasteiger partial charge in [-0.05, 0) is 48.0 Å². The summed E-state index contributed by atoms with van der Waals surface area (Å²) in [6, 6.07) is 16.6. The Morgan fingerprint density at radius 1 is 1.09 bits per heavy atom. The van der Waals surface area contributed by atoms with Gasteiger partial charge >= 0.3 is 0 Å². The predicted octanol–water partition coefficient (Wildman–Crippen LogP) is 3.84. The fourth-order valence-corrected chi connectivity index (χ4v) is 2.57. The molecule has 0 saturated heterocycles. The van der Waals surface area contributed by atoms with E-state index in [1.807, 2.05) is 59.4 Å². The van der Waals surface area contributed by atoms with Crippen LogP contribution in [-0.2, 0) is 6.54 Å². The van der Waals surface area contributed by atoms with Gasteiger partial charge in [-0.1, -0.05) is 23.7 Å². The molecular weight excluding hydrogens is 310 g/mol. The molecule has 0 saturated carbocycles. The molecule has 0 unspecified atom stereocenters. The number of benzene rings is 2. The van der Waals surface area contributed by atoms with Crippen LogP contribution in [0.1, 0.15) is 15.9 Å². The Kier molecular flexibility index (Phi) is 4.46. The number of nitrogens with zero attached hydrogens (tertiary/aromatic N) is 1. The van der Waals surface area contributed by atoms with Crippen molar-refractivity contribution in [2.45, 2.75) is 6.54 Å². The second-order valence-electron chi connectivity index (χ2n) is 5.15. The van der Waals surface area contributed by atoms with Gasteiger partial charge in [0.2, 0.25) is 0 Å². The van der Waals surface area contributed by atoms with Crippen molar-refractivity contribution in [3.63, 3.8) is 0 Å². The van der Waals surface area contributed by atoms with Gasteiger partial charge in [-0.3, -0.25) is 4.79 Å². The van der Waals surface area contributed by atoms with Gasteiger partial charge in [0.05, 0.1) is 0 Å². The van der Waals surface area contributed by atoms with E-state index in [-0.39, 0.29) is 5.91 Å². The molecule has 23 heavy (non-hydrogen) atoms. The second kappa shape index (κ2) is 6.69. The number of nitrogens with one attached hydrogen (secondary N) is 1. The third kappa shape index (κ3) is 3.62. The molecule has 0 radical (unpaired) electrons. The highest BCUT2D eigenvalue weighted by Crippen LogP contribution is 2.20. The molecule has 3 rings (SSSR count). The van der Waals surface area contributed by atoms with Crippen LogP contribution < -0.4 is 11.1 Å². The lowest BCUT2D eigenvalue weighted by Gasteiger charge is -2.10. The van der Waals surface area contributed by atoms with Crippen LogP contribution in [0.2, 0.25) is 5.02 Å². The number of hydrogen-bond acceptors (Lipinski definition) is 2. The summed E-state index contributed by atoms with van der Waals surface area (Å²) in [6.45, 7) is 0.429. The minimum Gasteiger partial charge on any atom is -0.326 e. The molecule has 5 heteroatoms. The molecule has 1 aromatic heterocycles. The van der Waals surface area contributed by atoms with Crippen LogP contribution in [0, 0.1) is 0 Å². The SMILES string of the molecule is NCc1cccc(NC(=O)c2cc(Cl)cc(-n3cccc3)c2)c1. The maximum Gasteiger partial charge on any atom is 0.255 e. The molecule has 2 aromatic carbocycles. The molecule has 0 aliphatic heterocycles. The van der Waals surface area contributed by atoms with Crippen LogP contribution in [0.3, 0.4) is 0 Å². The summed E-state index contributed by atoms with van der Waals surface area (Å²) in [5.74, 6) is -0.213. The quantitative estimate of drug-likeness (QED) is 0.765. The predicted molar refractivity (Wildman–Crippen MR) is 93.1 cm³/mol. The molecule has 0 spiro atoms. The Balaban J connectivity index is 1.87. The van der Waals surface area contributed by atoms with E-state index < -0.39 is 0 Å². The zero-order chi connectivity index (χ0) is 16.2. The minimum atomic E-state index is -0.213. The molecule has 0 aliphatic carbocycles. The number of carbonyl (C=O) groups is 1. The van der Waals surface area contributed by atoms with Gasteiger partial charge in [-0.2, -0.15) is 0 Å². The lowest BCUT2D eigenvalue weighted by atomic mass is 10.1. The van der Waals surface area contributed by atoms with Crippen LogP contribution in [-0.4, -0.2) is 10.5 Å². The fraction of sp³-hybridized carbons (Fsp3) is 0.0556. The Labute approximate surface area is 139 Å². The second-order valence-corrected chi connectivity index (χ2v) is 5.58. The maximum atomic E-state index is 12.5. The number of hydrogen-bond donors (Lipinski definition) is 2. The Morgan fingerprint density at radius 2 is 1.87 bits per heavy atom. The molecule has 4 nitrogen and oxygen atoms in total. The number of aromatic nitrogens is 1. The number of anilines is 1. The zero-order valence-corrected chi connectivity index (χ0v) is 13.1. The van der Waals surface area contributed by atoms with E-state index in [4.69, 9.17) is 17.3 Å². The van der Waals surface area contributed by atoms with E-state index >= 15 is 0 Å². The first-order valence-corrected chi connectivity index (χ1v) is 7.58. The van der Waals surface area contributed by atoms with Gasteiger partial charge in [-0.15, -0.1) is 0 Å². The summed E-state index contributed by atoms with van der Waals surface area (Å²) < 4.78 is 1.90. The Bertz CT molecular complexity index is 828. The van der Waals surface area contributed by atoms with Crippen molar-refractivity contribution in [2.24, 2.45) is 5.73 Å². The Morgan fingerprint density at radius 3 is 2.61 bits per heavy atom. The molecule has 0 bridgehead atoms. The molecule has 3 aromatic rings. The summed E-state index contributed by atoms with van der Waals surface area (Å²) in [5, 5.41) is 3.38. The highest BCUT2D eigenvalue weighted by Gasteiger charge is 2.10. The molecule has 1 amide bonds. The largest absolute Gasteiger partial charge is 0.326 e. The molecule has 116 valence electrons. The van der Waals surface area contributed by atoms with Crippen LogP contribution in [0.25, 0.3) is 5.69 Å². The third-order valence-electron chi connectivity index (χ3n) is 3.47. The summed E-state index contributed by atoms with van der Waals surface area (Å²) in [5.41, 5.74) is 8.63. The van der Waals surface area contributed by atoms with Crippen LogP contribution in [0.5, 0.6) is 0 Å². The summed E-state index contributed by atoms with van der Waals surface area (Å²) in [6.07, 6.45) is 3.80. The van der Waals surface area contributed by atoms with Crippen LogP contribution >= 0.6 is 11.6 Å². The minimum absolute atomic E-state index is 0.213. The zero-order valence-electron chi connectivity index (χ0n) is 12.4. The van der Waals surface area contributed by atoms with Crippen molar-refractivity contribution in [2.75, 3.05) is 5.32 Å². The maximum absolute atomic E-state index is 12.5. The van der Waals surface area contributed by atoms with Crippen molar-refractivity contribution in [1.82, 2.24) is 4.57 Å². The van der Waals surface area contributed by atoms with Crippen molar-refractivity contribution in [3.05, 3.63) is 83.1 Å². The number of nitrogens with two attached hydrogens (primary N) is 1. The summed E-state index contributed by atoms with van der Waals surface area (Å²) in [4.78, 5) is 12.5.